The third-order valence-electron chi connectivity index (χ3n) is 2.32. The molecule has 0 heterocycles. The van der Waals surface area contributed by atoms with Gasteiger partial charge in [-0.1, -0.05) is 18.5 Å². The van der Waals surface area contributed by atoms with Crippen molar-refractivity contribution in [2.45, 2.75) is 26.7 Å². The Morgan fingerprint density at radius 3 is 2.81 bits per heavy atom. The summed E-state index contributed by atoms with van der Waals surface area (Å²) in [6.07, 6.45) is 2.21. The van der Waals surface area contributed by atoms with E-state index in [1.165, 1.54) is 6.42 Å². The molecule has 1 aromatic carbocycles. The number of aryl methyl sites for hydroxylation is 1. The first-order valence-electron chi connectivity index (χ1n) is 5.83. The summed E-state index contributed by atoms with van der Waals surface area (Å²) in [6, 6.07) is 5.76. The van der Waals surface area contributed by atoms with Gasteiger partial charge in [-0.25, -0.2) is 0 Å². The first-order chi connectivity index (χ1) is 7.74. The molecule has 0 atom stereocenters. The Labute approximate surface area is 103 Å². The van der Waals surface area contributed by atoms with Crippen molar-refractivity contribution in [2.24, 2.45) is 0 Å². The van der Waals surface area contributed by atoms with E-state index >= 15 is 0 Å². The molecule has 0 fully saturated rings. The average Bonchev–Trinajstić information content (AvgIpc) is 2.28. The van der Waals surface area contributed by atoms with Gasteiger partial charge in [0.25, 0.3) is 0 Å². The Morgan fingerprint density at radius 2 is 2.12 bits per heavy atom. The number of hydrogen-bond donors (Lipinski definition) is 1. The van der Waals surface area contributed by atoms with Gasteiger partial charge < -0.3 is 10.1 Å². The van der Waals surface area contributed by atoms with Crippen molar-refractivity contribution >= 4 is 11.6 Å². The van der Waals surface area contributed by atoms with E-state index < -0.39 is 0 Å². The van der Waals surface area contributed by atoms with Gasteiger partial charge in [0.2, 0.25) is 0 Å². The number of rotatable bonds is 7. The molecule has 0 aliphatic carbocycles. The summed E-state index contributed by atoms with van der Waals surface area (Å²) in [7, 11) is 0. The normalized spacial score (nSPS) is 10.4. The van der Waals surface area contributed by atoms with Gasteiger partial charge in [0.1, 0.15) is 5.75 Å². The van der Waals surface area contributed by atoms with Gasteiger partial charge in [0.05, 0.1) is 6.61 Å². The van der Waals surface area contributed by atoms with E-state index in [2.05, 4.69) is 12.2 Å². The van der Waals surface area contributed by atoms with Crippen molar-refractivity contribution in [3.63, 3.8) is 0 Å². The highest BCUT2D eigenvalue weighted by molar-refractivity contribution is 6.31. The fraction of sp³-hybridized carbons (Fsp3) is 0.538. The van der Waals surface area contributed by atoms with Crippen LogP contribution in [-0.4, -0.2) is 19.7 Å². The van der Waals surface area contributed by atoms with E-state index in [0.29, 0.717) is 0 Å². The third-order valence-corrected chi connectivity index (χ3v) is 2.75. The summed E-state index contributed by atoms with van der Waals surface area (Å²) in [5.41, 5.74) is 1.06. The Morgan fingerprint density at radius 1 is 1.31 bits per heavy atom. The van der Waals surface area contributed by atoms with Crippen molar-refractivity contribution in [1.82, 2.24) is 5.32 Å². The topological polar surface area (TPSA) is 21.3 Å². The Hall–Kier alpha value is -0.730. The molecule has 0 radical (unpaired) electrons. The van der Waals surface area contributed by atoms with Crippen molar-refractivity contribution in [2.75, 3.05) is 19.7 Å². The number of nitrogens with one attached hydrogen (secondary N) is 1. The van der Waals surface area contributed by atoms with Crippen LogP contribution in [0.15, 0.2) is 18.2 Å². The maximum absolute atomic E-state index is 5.93. The minimum atomic E-state index is 0.748. The van der Waals surface area contributed by atoms with Gasteiger partial charge in [0, 0.05) is 5.02 Å². The van der Waals surface area contributed by atoms with Crippen LogP contribution < -0.4 is 10.1 Å². The minimum absolute atomic E-state index is 0.748. The van der Waals surface area contributed by atoms with E-state index in [4.69, 9.17) is 16.3 Å². The van der Waals surface area contributed by atoms with Crippen LogP contribution in [0.3, 0.4) is 0 Å². The van der Waals surface area contributed by atoms with E-state index in [9.17, 15) is 0 Å². The summed E-state index contributed by atoms with van der Waals surface area (Å²) < 4.78 is 5.62. The first kappa shape index (κ1) is 13.3. The molecular weight excluding hydrogens is 222 g/mol. The molecule has 16 heavy (non-hydrogen) atoms. The highest BCUT2D eigenvalue weighted by Gasteiger charge is 1.98. The van der Waals surface area contributed by atoms with Gasteiger partial charge in [-0.15, -0.1) is 0 Å². The summed E-state index contributed by atoms with van der Waals surface area (Å²) >= 11 is 5.93. The largest absolute Gasteiger partial charge is 0.494 e. The van der Waals surface area contributed by atoms with Gasteiger partial charge in [-0.3, -0.25) is 0 Å². The minimum Gasteiger partial charge on any atom is -0.494 e. The molecule has 90 valence electrons. The third kappa shape index (κ3) is 4.86. The summed E-state index contributed by atoms with van der Waals surface area (Å²) in [6.45, 7) is 7.00. The van der Waals surface area contributed by atoms with Gasteiger partial charge in [-0.2, -0.15) is 0 Å². The van der Waals surface area contributed by atoms with Crippen LogP contribution in [0.25, 0.3) is 0 Å². The van der Waals surface area contributed by atoms with E-state index in [0.717, 1.165) is 42.5 Å². The molecular formula is C13H20ClNO. The molecule has 0 spiro atoms. The monoisotopic (exact) mass is 241 g/mol. The molecule has 2 nitrogen and oxygen atoms in total. The Kier molecular flexibility index (Phi) is 6.27. The zero-order valence-corrected chi connectivity index (χ0v) is 10.8. The fourth-order valence-corrected chi connectivity index (χ4v) is 1.51. The maximum Gasteiger partial charge on any atom is 0.119 e. The predicted molar refractivity (Wildman–Crippen MR) is 69.5 cm³/mol. The van der Waals surface area contributed by atoms with Crippen LogP contribution in [-0.2, 0) is 0 Å². The zero-order valence-electron chi connectivity index (χ0n) is 10.1. The zero-order chi connectivity index (χ0) is 11.8. The van der Waals surface area contributed by atoms with Gasteiger partial charge in [0.15, 0.2) is 0 Å². The van der Waals surface area contributed by atoms with Crippen LogP contribution >= 0.6 is 11.6 Å². The maximum atomic E-state index is 5.93. The molecule has 0 unspecified atom stereocenters. The molecule has 1 rings (SSSR count). The predicted octanol–water partition coefficient (Wildman–Crippen LogP) is 3.42. The van der Waals surface area contributed by atoms with E-state index in [-0.39, 0.29) is 0 Å². The number of benzene rings is 1. The van der Waals surface area contributed by atoms with Crippen LogP contribution in [0.1, 0.15) is 25.3 Å². The molecule has 0 aliphatic heterocycles. The Balaban J connectivity index is 2.19. The second-order valence-corrected chi connectivity index (χ2v) is 4.27. The van der Waals surface area contributed by atoms with E-state index in [1.54, 1.807) is 0 Å². The van der Waals surface area contributed by atoms with Gasteiger partial charge in [-0.05, 0) is 56.6 Å². The standard InChI is InChI=1S/C13H20ClNO/c1-3-7-15-8-4-9-16-12-5-6-13(14)11(2)10-12/h5-6,10,15H,3-4,7-9H2,1-2H3. The highest BCUT2D eigenvalue weighted by atomic mass is 35.5. The molecule has 0 aliphatic rings. The summed E-state index contributed by atoms with van der Waals surface area (Å²) in [4.78, 5) is 0. The number of halogens is 1. The van der Waals surface area contributed by atoms with E-state index in [1.807, 2.05) is 25.1 Å². The summed E-state index contributed by atoms with van der Waals surface area (Å²) in [5.74, 6) is 0.900. The quantitative estimate of drug-likeness (QED) is 0.739. The fourth-order valence-electron chi connectivity index (χ4n) is 1.40. The molecule has 0 bridgehead atoms. The molecule has 3 heteroatoms. The smallest absolute Gasteiger partial charge is 0.119 e. The summed E-state index contributed by atoms with van der Waals surface area (Å²) in [5, 5.41) is 4.13. The lowest BCUT2D eigenvalue weighted by atomic mass is 10.2. The van der Waals surface area contributed by atoms with Crippen molar-refractivity contribution in [1.29, 1.82) is 0 Å². The lowest BCUT2D eigenvalue weighted by Crippen LogP contribution is -2.18. The van der Waals surface area contributed by atoms with Crippen molar-refractivity contribution in [3.8, 4) is 5.75 Å². The number of ether oxygens (including phenoxy) is 1. The average molecular weight is 242 g/mol. The highest BCUT2D eigenvalue weighted by Crippen LogP contribution is 2.20. The molecule has 0 saturated heterocycles. The molecule has 0 saturated carbocycles. The van der Waals surface area contributed by atoms with Crippen LogP contribution in [0.2, 0.25) is 5.02 Å². The lowest BCUT2D eigenvalue weighted by Gasteiger charge is -2.08. The van der Waals surface area contributed by atoms with Gasteiger partial charge >= 0.3 is 0 Å². The van der Waals surface area contributed by atoms with Crippen LogP contribution in [0.5, 0.6) is 5.75 Å². The molecule has 0 amide bonds. The van der Waals surface area contributed by atoms with Crippen LogP contribution in [0, 0.1) is 6.92 Å². The molecule has 0 aromatic heterocycles. The second-order valence-electron chi connectivity index (χ2n) is 3.86. The first-order valence-corrected chi connectivity index (χ1v) is 6.21. The lowest BCUT2D eigenvalue weighted by molar-refractivity contribution is 0.308. The SMILES string of the molecule is CCCNCCCOc1ccc(Cl)c(C)c1. The van der Waals surface area contributed by atoms with Crippen molar-refractivity contribution < 1.29 is 4.74 Å². The Bertz CT molecular complexity index is 315. The van der Waals surface area contributed by atoms with Crippen molar-refractivity contribution in [3.05, 3.63) is 28.8 Å². The number of hydrogen-bond acceptors (Lipinski definition) is 2. The van der Waals surface area contributed by atoms with Crippen LogP contribution in [0.4, 0.5) is 0 Å². The second kappa shape index (κ2) is 7.53. The molecule has 1 aromatic rings. The molecule has 1 N–H and O–H groups in total.